The summed E-state index contributed by atoms with van der Waals surface area (Å²) in [5.74, 6) is 0.136. The topological polar surface area (TPSA) is 136 Å². The first-order chi connectivity index (χ1) is 19.6. The van der Waals surface area contributed by atoms with Crippen LogP contribution < -0.4 is 15.8 Å². The molecule has 0 spiro atoms. The number of hydrogen-bond acceptors (Lipinski definition) is 8. The second kappa shape index (κ2) is 10.6. The molecule has 2 fully saturated rings. The summed E-state index contributed by atoms with van der Waals surface area (Å²) in [6.07, 6.45) is 4.36. The number of amides is 2. The van der Waals surface area contributed by atoms with Gasteiger partial charge in [-0.2, -0.15) is 19.0 Å². The average molecular weight is 586 g/mol. The molecule has 0 saturated carbocycles. The second-order valence-electron chi connectivity index (χ2n) is 10.3. The molecule has 6 rings (SSSR count). The van der Waals surface area contributed by atoms with E-state index in [0.717, 1.165) is 13.1 Å². The Morgan fingerprint density at radius 1 is 1.20 bits per heavy atom. The maximum Gasteiger partial charge on any atom is 0.387 e. The van der Waals surface area contributed by atoms with E-state index in [1.54, 1.807) is 6.20 Å². The maximum absolute atomic E-state index is 13.4. The van der Waals surface area contributed by atoms with E-state index in [1.807, 2.05) is 4.90 Å². The van der Waals surface area contributed by atoms with Crippen LogP contribution in [0.1, 0.15) is 10.4 Å². The number of nitrogen functional groups attached to an aromatic ring is 1. The Bertz CT molecular complexity index is 1630. The molecule has 0 aliphatic carbocycles. The highest BCUT2D eigenvalue weighted by atomic mass is 35.5. The number of ether oxygens (including phenoxy) is 1. The van der Waals surface area contributed by atoms with Gasteiger partial charge in [0.05, 0.1) is 11.9 Å². The first-order valence-corrected chi connectivity index (χ1v) is 13.2. The summed E-state index contributed by atoms with van der Waals surface area (Å²) >= 11 is 6.20. The summed E-state index contributed by atoms with van der Waals surface area (Å²) in [6, 6.07) is 5.63. The molecule has 4 aromatic rings. The Kier molecular flexibility index (Phi) is 6.95. The Balaban J connectivity index is 1.33. The van der Waals surface area contributed by atoms with E-state index in [0.29, 0.717) is 24.9 Å². The smallest absolute Gasteiger partial charge is 0.387 e. The van der Waals surface area contributed by atoms with Crippen molar-refractivity contribution in [1.29, 1.82) is 0 Å². The zero-order valence-electron chi connectivity index (χ0n) is 21.9. The van der Waals surface area contributed by atoms with Gasteiger partial charge in [0.15, 0.2) is 5.65 Å². The molecule has 2 aliphatic heterocycles. The van der Waals surface area contributed by atoms with Crippen molar-refractivity contribution in [3.8, 4) is 17.0 Å². The fourth-order valence-corrected chi connectivity index (χ4v) is 5.75. The third kappa shape index (κ3) is 5.39. The van der Waals surface area contributed by atoms with Gasteiger partial charge in [-0.3, -0.25) is 14.3 Å². The fraction of sp³-hybridized carbons (Fsp3) is 0.346. The Hall–Kier alpha value is -4.30. The molecule has 1 aromatic carbocycles. The minimum atomic E-state index is -3.11. The zero-order valence-corrected chi connectivity index (χ0v) is 22.6. The molecule has 0 bridgehead atoms. The van der Waals surface area contributed by atoms with Crippen LogP contribution in [0.2, 0.25) is 5.02 Å². The van der Waals surface area contributed by atoms with Gasteiger partial charge in [-0.05, 0) is 43.1 Å². The largest absolute Gasteiger partial charge is 0.434 e. The molecule has 214 valence electrons. The van der Waals surface area contributed by atoms with Crippen LogP contribution in [0.4, 0.5) is 20.3 Å². The SMILES string of the molecule is CN1CC2CN(C(=O)Cn3cc(NC(=O)c4cnn5ccc(N)nc45)c(-c4cc(Cl)ccc4OC(F)F)n3)CC2C1. The molecular weight excluding hydrogens is 560 g/mol. The maximum atomic E-state index is 13.4. The highest BCUT2D eigenvalue weighted by Crippen LogP contribution is 2.37. The van der Waals surface area contributed by atoms with Crippen molar-refractivity contribution < 1.29 is 23.1 Å². The summed E-state index contributed by atoms with van der Waals surface area (Å²) < 4.78 is 33.9. The standard InChI is InChI=1S/C26H26ClF2N9O3/c1-35-8-14-10-36(11-15(14)9-35)22(39)13-37-12-19(23(34-37)17-6-16(27)2-3-20(17)41-26(28)29)32-25(40)18-7-31-38-5-4-21(30)33-24(18)38/h2-7,12,14-15,26H,8-11,13H2,1H3,(H2,30,33)(H,32,40). The van der Waals surface area contributed by atoms with Crippen molar-refractivity contribution in [2.24, 2.45) is 11.8 Å². The predicted molar refractivity (Wildman–Crippen MR) is 146 cm³/mol. The fourth-order valence-electron chi connectivity index (χ4n) is 5.58. The highest BCUT2D eigenvalue weighted by Gasteiger charge is 2.40. The van der Waals surface area contributed by atoms with Crippen LogP contribution >= 0.6 is 11.6 Å². The molecule has 3 aromatic heterocycles. The minimum Gasteiger partial charge on any atom is -0.434 e. The number of halogens is 3. The van der Waals surface area contributed by atoms with E-state index < -0.39 is 12.5 Å². The van der Waals surface area contributed by atoms with Crippen molar-refractivity contribution in [3.63, 3.8) is 0 Å². The number of hydrogen-bond donors (Lipinski definition) is 2. The van der Waals surface area contributed by atoms with Gasteiger partial charge < -0.3 is 25.6 Å². The summed E-state index contributed by atoms with van der Waals surface area (Å²) in [5, 5.41) is 11.6. The number of carbonyl (C=O) groups excluding carboxylic acids is 2. The number of alkyl halides is 2. The molecule has 2 saturated heterocycles. The average Bonchev–Trinajstić information content (AvgIpc) is 3.67. The molecule has 2 atom stereocenters. The van der Waals surface area contributed by atoms with Gasteiger partial charge in [0, 0.05) is 49.2 Å². The van der Waals surface area contributed by atoms with E-state index >= 15 is 0 Å². The van der Waals surface area contributed by atoms with Gasteiger partial charge in [0.2, 0.25) is 5.91 Å². The van der Waals surface area contributed by atoms with E-state index in [2.05, 4.69) is 32.4 Å². The molecule has 5 heterocycles. The minimum absolute atomic E-state index is 0.0909. The molecule has 2 amide bonds. The number of nitrogens with two attached hydrogens (primary N) is 1. The molecular formula is C26H26ClF2N9O3. The number of carbonyl (C=O) groups is 2. The zero-order chi connectivity index (χ0) is 28.8. The Morgan fingerprint density at radius 3 is 2.68 bits per heavy atom. The van der Waals surface area contributed by atoms with E-state index in [9.17, 15) is 18.4 Å². The molecule has 15 heteroatoms. The molecule has 12 nitrogen and oxygen atoms in total. The number of nitrogens with one attached hydrogen (secondary N) is 1. The van der Waals surface area contributed by atoms with Crippen LogP contribution in [-0.4, -0.2) is 85.8 Å². The third-order valence-electron chi connectivity index (χ3n) is 7.38. The summed E-state index contributed by atoms with van der Waals surface area (Å²) in [5.41, 5.74) is 6.48. The second-order valence-corrected chi connectivity index (χ2v) is 10.7. The Morgan fingerprint density at radius 2 is 1.95 bits per heavy atom. The molecule has 3 N–H and O–H groups in total. The lowest BCUT2D eigenvalue weighted by atomic mass is 10.0. The summed E-state index contributed by atoms with van der Waals surface area (Å²) in [7, 11) is 2.07. The van der Waals surface area contributed by atoms with E-state index in [-0.39, 0.29) is 57.2 Å². The van der Waals surface area contributed by atoms with Gasteiger partial charge >= 0.3 is 6.61 Å². The highest BCUT2D eigenvalue weighted by molar-refractivity contribution is 6.31. The van der Waals surface area contributed by atoms with Gasteiger partial charge in [-0.15, -0.1) is 0 Å². The van der Waals surface area contributed by atoms with Crippen molar-refractivity contribution in [3.05, 3.63) is 53.4 Å². The molecule has 2 aliphatic rings. The van der Waals surface area contributed by atoms with Crippen LogP contribution in [0.15, 0.2) is 42.9 Å². The Labute approximate surface area is 237 Å². The molecule has 41 heavy (non-hydrogen) atoms. The lowest BCUT2D eigenvalue weighted by Gasteiger charge is -2.19. The van der Waals surface area contributed by atoms with E-state index in [4.69, 9.17) is 22.1 Å². The van der Waals surface area contributed by atoms with Crippen LogP contribution in [0.3, 0.4) is 0 Å². The first kappa shape index (κ1) is 26.9. The number of anilines is 2. The number of likely N-dealkylation sites (tertiary alicyclic amines) is 2. The van der Waals surface area contributed by atoms with Gasteiger partial charge in [0.25, 0.3) is 5.91 Å². The number of fused-ring (bicyclic) bond motifs is 2. The summed E-state index contributed by atoms with van der Waals surface area (Å²) in [6.45, 7) is -0.00211. The van der Waals surface area contributed by atoms with Crippen LogP contribution in [0.5, 0.6) is 5.75 Å². The first-order valence-electron chi connectivity index (χ1n) is 12.8. The lowest BCUT2D eigenvalue weighted by molar-refractivity contribution is -0.131. The lowest BCUT2D eigenvalue weighted by Crippen LogP contribution is -2.34. The molecule has 2 unspecified atom stereocenters. The number of aromatic nitrogens is 5. The third-order valence-corrected chi connectivity index (χ3v) is 7.61. The predicted octanol–water partition coefficient (Wildman–Crippen LogP) is 2.70. The number of nitrogens with zero attached hydrogens (tertiary/aromatic N) is 7. The number of benzene rings is 1. The van der Waals surface area contributed by atoms with Crippen LogP contribution in [0, 0.1) is 11.8 Å². The van der Waals surface area contributed by atoms with Crippen molar-refractivity contribution in [2.75, 3.05) is 44.3 Å². The van der Waals surface area contributed by atoms with Crippen molar-refractivity contribution in [1.82, 2.24) is 34.2 Å². The van der Waals surface area contributed by atoms with E-state index in [1.165, 1.54) is 45.9 Å². The van der Waals surface area contributed by atoms with Gasteiger partial charge in [-0.25, -0.2) is 9.50 Å². The normalized spacial score (nSPS) is 18.8. The number of rotatable bonds is 7. The summed E-state index contributed by atoms with van der Waals surface area (Å²) in [4.78, 5) is 34.8. The monoisotopic (exact) mass is 585 g/mol. The van der Waals surface area contributed by atoms with Crippen LogP contribution in [0.25, 0.3) is 16.9 Å². The van der Waals surface area contributed by atoms with Crippen molar-refractivity contribution >= 4 is 40.6 Å². The van der Waals surface area contributed by atoms with Gasteiger partial charge in [0.1, 0.15) is 29.4 Å². The molecule has 0 radical (unpaired) electrons. The van der Waals surface area contributed by atoms with Crippen molar-refractivity contribution in [2.45, 2.75) is 13.2 Å². The van der Waals surface area contributed by atoms with Gasteiger partial charge in [-0.1, -0.05) is 11.6 Å². The quantitative estimate of drug-likeness (QED) is 0.338. The van der Waals surface area contributed by atoms with Crippen LogP contribution in [-0.2, 0) is 11.3 Å².